The van der Waals surface area contributed by atoms with E-state index in [2.05, 4.69) is 31.2 Å². The Kier molecular flexibility index (Phi) is 5.00. The van der Waals surface area contributed by atoms with Gasteiger partial charge >= 0.3 is 0 Å². The second kappa shape index (κ2) is 8.55. The van der Waals surface area contributed by atoms with Crippen molar-refractivity contribution in [1.29, 1.82) is 0 Å². The molecule has 1 atom stereocenters. The topological polar surface area (TPSA) is 79.4 Å². The summed E-state index contributed by atoms with van der Waals surface area (Å²) in [4.78, 5) is 9.68. The molecule has 0 radical (unpaired) electrons. The summed E-state index contributed by atoms with van der Waals surface area (Å²) in [5.41, 5.74) is 7.50. The average molecular weight is 501 g/mol. The van der Waals surface area contributed by atoms with Gasteiger partial charge in [0.1, 0.15) is 12.1 Å². The van der Waals surface area contributed by atoms with Gasteiger partial charge in [-0.2, -0.15) is 5.10 Å². The van der Waals surface area contributed by atoms with Crippen molar-refractivity contribution in [3.05, 3.63) is 113 Å². The highest BCUT2D eigenvalue weighted by atomic mass is 16.5. The lowest BCUT2D eigenvalue weighted by atomic mass is 9.84. The van der Waals surface area contributed by atoms with Crippen LogP contribution >= 0.6 is 0 Å². The summed E-state index contributed by atoms with van der Waals surface area (Å²) in [7, 11) is 1.67. The highest BCUT2D eigenvalue weighted by Crippen LogP contribution is 2.49. The molecule has 0 N–H and O–H groups in total. The molecule has 3 aromatic heterocycles. The highest BCUT2D eigenvalue weighted by molar-refractivity contribution is 5.69. The molecule has 0 saturated heterocycles. The maximum Gasteiger partial charge on any atom is 0.230 e. The van der Waals surface area contributed by atoms with Gasteiger partial charge in [0.25, 0.3) is 0 Å². The number of hydrogen-bond acceptors (Lipinski definition) is 6. The van der Waals surface area contributed by atoms with E-state index in [0.29, 0.717) is 23.2 Å². The zero-order valence-corrected chi connectivity index (χ0v) is 21.2. The standard InChI is InChI=1S/C30H24N6O2/c1-18-9-11-21(12-10-18)27-32-28-26-25(20-13-15-23(37-3)16-14-20)24-19(2)33-36(22-7-5-4-6-8-22)30(24)38-29(26)31-17-35(28)34-27/h4-17,25H,1-3H3. The summed E-state index contributed by atoms with van der Waals surface area (Å²) in [5.74, 6) is 2.35. The van der Waals surface area contributed by atoms with Crippen LogP contribution in [-0.4, -0.2) is 36.5 Å². The van der Waals surface area contributed by atoms with E-state index < -0.39 is 0 Å². The summed E-state index contributed by atoms with van der Waals surface area (Å²) in [6, 6.07) is 26.3. The zero-order chi connectivity index (χ0) is 25.8. The van der Waals surface area contributed by atoms with Crippen LogP contribution in [0.2, 0.25) is 0 Å². The molecule has 8 nitrogen and oxygen atoms in total. The van der Waals surface area contributed by atoms with Crippen LogP contribution in [0.5, 0.6) is 17.5 Å². The lowest BCUT2D eigenvalue weighted by Gasteiger charge is -2.26. The van der Waals surface area contributed by atoms with E-state index >= 15 is 0 Å². The molecular formula is C30H24N6O2. The van der Waals surface area contributed by atoms with Gasteiger partial charge in [-0.3, -0.25) is 0 Å². The Morgan fingerprint density at radius 1 is 0.842 bits per heavy atom. The molecule has 186 valence electrons. The van der Waals surface area contributed by atoms with E-state index in [1.807, 2.05) is 66.2 Å². The second-order valence-corrected chi connectivity index (χ2v) is 9.39. The van der Waals surface area contributed by atoms with Gasteiger partial charge in [-0.15, -0.1) is 5.10 Å². The van der Waals surface area contributed by atoms with Crippen LogP contribution in [0.4, 0.5) is 0 Å². The van der Waals surface area contributed by atoms with Crippen LogP contribution in [-0.2, 0) is 0 Å². The third kappa shape index (κ3) is 3.45. The Morgan fingerprint density at radius 2 is 1.61 bits per heavy atom. The number of aryl methyl sites for hydroxylation is 2. The fourth-order valence-electron chi connectivity index (χ4n) is 5.08. The van der Waals surface area contributed by atoms with Crippen LogP contribution in [0.25, 0.3) is 22.7 Å². The number of methoxy groups -OCH3 is 1. The van der Waals surface area contributed by atoms with E-state index in [0.717, 1.165) is 39.4 Å². The molecule has 0 bridgehead atoms. The van der Waals surface area contributed by atoms with Crippen molar-refractivity contribution in [2.24, 2.45) is 0 Å². The minimum atomic E-state index is -0.219. The number of rotatable bonds is 4. The third-order valence-corrected chi connectivity index (χ3v) is 6.98. The van der Waals surface area contributed by atoms with Crippen molar-refractivity contribution >= 4 is 5.65 Å². The van der Waals surface area contributed by atoms with Crippen LogP contribution < -0.4 is 9.47 Å². The van der Waals surface area contributed by atoms with E-state index in [-0.39, 0.29) is 5.92 Å². The molecule has 38 heavy (non-hydrogen) atoms. The molecule has 0 aliphatic carbocycles. The number of fused-ring (bicyclic) bond motifs is 4. The van der Waals surface area contributed by atoms with Gasteiger partial charge in [0.05, 0.1) is 35.5 Å². The highest BCUT2D eigenvalue weighted by Gasteiger charge is 2.38. The number of nitrogens with zero attached hydrogens (tertiary/aromatic N) is 6. The van der Waals surface area contributed by atoms with Crippen molar-refractivity contribution in [2.45, 2.75) is 19.8 Å². The molecule has 0 saturated carbocycles. The number of ether oxygens (including phenoxy) is 2. The largest absolute Gasteiger partial charge is 0.497 e. The number of hydrogen-bond donors (Lipinski definition) is 0. The summed E-state index contributed by atoms with van der Waals surface area (Å²) in [6.45, 7) is 4.08. The van der Waals surface area contributed by atoms with Crippen LogP contribution in [0.3, 0.4) is 0 Å². The molecule has 0 fully saturated rings. The van der Waals surface area contributed by atoms with Gasteiger partial charge < -0.3 is 9.47 Å². The van der Waals surface area contributed by atoms with Crippen molar-refractivity contribution in [3.8, 4) is 34.6 Å². The summed E-state index contributed by atoms with van der Waals surface area (Å²) in [5, 5.41) is 9.65. The minimum absolute atomic E-state index is 0.219. The molecule has 6 aromatic rings. The minimum Gasteiger partial charge on any atom is -0.497 e. The molecule has 1 aliphatic rings. The lowest BCUT2D eigenvalue weighted by Crippen LogP contribution is -2.16. The molecule has 8 heteroatoms. The summed E-state index contributed by atoms with van der Waals surface area (Å²) in [6.07, 6.45) is 1.66. The van der Waals surface area contributed by atoms with Gasteiger partial charge in [-0.25, -0.2) is 19.2 Å². The Balaban J connectivity index is 1.47. The molecule has 0 amide bonds. The Hall–Kier alpha value is -4.98. The molecule has 0 spiro atoms. The van der Waals surface area contributed by atoms with E-state index in [1.165, 1.54) is 5.56 Å². The van der Waals surface area contributed by atoms with Crippen molar-refractivity contribution in [2.75, 3.05) is 7.11 Å². The van der Waals surface area contributed by atoms with Crippen LogP contribution in [0.1, 0.15) is 33.9 Å². The van der Waals surface area contributed by atoms with Gasteiger partial charge in [0.2, 0.25) is 11.8 Å². The fraction of sp³-hybridized carbons (Fsp3) is 0.133. The second-order valence-electron chi connectivity index (χ2n) is 9.39. The van der Waals surface area contributed by atoms with Gasteiger partial charge in [-0.05, 0) is 43.7 Å². The van der Waals surface area contributed by atoms with E-state index in [9.17, 15) is 0 Å². The van der Waals surface area contributed by atoms with Crippen LogP contribution in [0, 0.1) is 13.8 Å². The van der Waals surface area contributed by atoms with Gasteiger partial charge in [-0.1, -0.05) is 60.2 Å². The van der Waals surface area contributed by atoms with E-state index in [4.69, 9.17) is 29.6 Å². The summed E-state index contributed by atoms with van der Waals surface area (Å²) >= 11 is 0. The van der Waals surface area contributed by atoms with Crippen molar-refractivity contribution in [3.63, 3.8) is 0 Å². The molecule has 4 heterocycles. The van der Waals surface area contributed by atoms with Gasteiger partial charge in [0, 0.05) is 5.56 Å². The Morgan fingerprint density at radius 3 is 2.34 bits per heavy atom. The first-order valence-corrected chi connectivity index (χ1v) is 12.4. The molecule has 7 rings (SSSR count). The predicted molar refractivity (Wildman–Crippen MR) is 143 cm³/mol. The summed E-state index contributed by atoms with van der Waals surface area (Å²) < 4.78 is 15.5. The number of para-hydroxylation sites is 1. The lowest BCUT2D eigenvalue weighted by molar-refractivity contribution is 0.402. The predicted octanol–water partition coefficient (Wildman–Crippen LogP) is 5.89. The Labute approximate surface area is 219 Å². The first-order valence-electron chi connectivity index (χ1n) is 12.4. The normalized spacial score (nSPS) is 14.1. The first kappa shape index (κ1) is 22.2. The number of aromatic nitrogens is 6. The molecule has 1 unspecified atom stereocenters. The molecular weight excluding hydrogens is 476 g/mol. The Bertz CT molecular complexity index is 1790. The molecule has 1 aliphatic heterocycles. The van der Waals surface area contributed by atoms with Crippen molar-refractivity contribution < 1.29 is 9.47 Å². The maximum atomic E-state index is 6.50. The third-order valence-electron chi connectivity index (χ3n) is 6.98. The molecule has 3 aromatic carbocycles. The van der Waals surface area contributed by atoms with Crippen LogP contribution in [0.15, 0.2) is 85.2 Å². The van der Waals surface area contributed by atoms with Gasteiger partial charge in [0.15, 0.2) is 11.5 Å². The van der Waals surface area contributed by atoms with Crippen molar-refractivity contribution in [1.82, 2.24) is 29.4 Å². The fourth-order valence-corrected chi connectivity index (χ4v) is 5.08. The number of benzene rings is 3. The van der Waals surface area contributed by atoms with E-state index in [1.54, 1.807) is 18.0 Å². The quantitative estimate of drug-likeness (QED) is 0.300. The smallest absolute Gasteiger partial charge is 0.230 e. The zero-order valence-electron chi connectivity index (χ0n) is 21.2. The average Bonchev–Trinajstić information content (AvgIpc) is 3.54. The maximum absolute atomic E-state index is 6.50. The first-order chi connectivity index (χ1) is 18.6. The monoisotopic (exact) mass is 500 g/mol. The SMILES string of the molecule is COc1ccc(C2c3c(C)nn(-c4ccccc4)c3Oc3ncn4nc(-c5ccc(C)cc5)nc4c32)cc1.